The van der Waals surface area contributed by atoms with Crippen LogP contribution in [-0.4, -0.2) is 73.3 Å². The smallest absolute Gasteiger partial charge is 0.234 e. The topological polar surface area (TPSA) is 82.1 Å². The largest absolute Gasteiger partial charge is 0.380 e. The first-order chi connectivity index (χ1) is 19.3. The van der Waals surface area contributed by atoms with Crippen LogP contribution in [0.4, 0.5) is 0 Å². The van der Waals surface area contributed by atoms with Crippen LogP contribution in [0.5, 0.6) is 0 Å². The van der Waals surface area contributed by atoms with Gasteiger partial charge in [0, 0.05) is 28.6 Å². The number of aromatic amines is 1. The number of aliphatic imine (C=N–C) groups is 2. The van der Waals surface area contributed by atoms with Gasteiger partial charge in [0.2, 0.25) is 5.91 Å². The summed E-state index contributed by atoms with van der Waals surface area (Å²) in [5.74, 6) is 1.05. The monoisotopic (exact) mass is 541 g/mol. The third-order valence-electron chi connectivity index (χ3n) is 9.11. The van der Waals surface area contributed by atoms with Gasteiger partial charge < -0.3 is 15.0 Å². The number of ether oxygens (including phenoxy) is 1. The van der Waals surface area contributed by atoms with Gasteiger partial charge in [-0.2, -0.15) is 0 Å². The second-order valence-corrected chi connectivity index (χ2v) is 12.9. The Morgan fingerprint density at radius 3 is 2.75 bits per heavy atom. The summed E-state index contributed by atoms with van der Waals surface area (Å²) < 4.78 is 5.30. The van der Waals surface area contributed by atoms with E-state index in [0.29, 0.717) is 24.9 Å². The number of H-pyrrole nitrogens is 1. The molecule has 1 atom stereocenters. The van der Waals surface area contributed by atoms with E-state index in [9.17, 15) is 4.79 Å². The van der Waals surface area contributed by atoms with Crippen LogP contribution >= 0.6 is 0 Å². The van der Waals surface area contributed by atoms with Crippen molar-refractivity contribution < 1.29 is 9.53 Å². The summed E-state index contributed by atoms with van der Waals surface area (Å²) in [6.07, 6.45) is 10.5. The number of hydrogen-bond acceptors (Lipinski definition) is 5. The second-order valence-electron chi connectivity index (χ2n) is 12.9. The SMILES string of the molecule is C/C1=C/C(c2[nH]c3ccc(C4CCN(CC(=O)NCC5(C)COC5)CC4)cc3c2C(C)C)=C\CCC2N=CN=C12. The molecule has 0 spiro atoms. The molecule has 2 N–H and O–H groups in total. The van der Waals surface area contributed by atoms with Gasteiger partial charge in [0.05, 0.1) is 31.5 Å². The van der Waals surface area contributed by atoms with E-state index in [-0.39, 0.29) is 17.4 Å². The molecule has 1 unspecified atom stereocenters. The third-order valence-corrected chi connectivity index (χ3v) is 9.11. The van der Waals surface area contributed by atoms with Gasteiger partial charge in [-0.3, -0.25) is 14.7 Å². The van der Waals surface area contributed by atoms with Crippen LogP contribution in [-0.2, 0) is 9.53 Å². The van der Waals surface area contributed by atoms with Crippen LogP contribution in [0, 0.1) is 5.41 Å². The molecule has 7 nitrogen and oxygen atoms in total. The Labute approximate surface area is 237 Å². The molecule has 1 aliphatic carbocycles. The van der Waals surface area contributed by atoms with Gasteiger partial charge in [-0.15, -0.1) is 0 Å². The van der Waals surface area contributed by atoms with E-state index in [1.54, 1.807) is 6.34 Å². The van der Waals surface area contributed by atoms with Crippen molar-refractivity contribution >= 4 is 34.4 Å². The first kappa shape index (κ1) is 27.2. The summed E-state index contributed by atoms with van der Waals surface area (Å²) in [6.45, 7) is 13.5. The first-order valence-electron chi connectivity index (χ1n) is 15.0. The summed E-state index contributed by atoms with van der Waals surface area (Å²) in [7, 11) is 0. The number of amides is 1. The quantitative estimate of drug-likeness (QED) is 0.479. The van der Waals surface area contributed by atoms with Crippen molar-refractivity contribution in [3.05, 3.63) is 52.7 Å². The highest BCUT2D eigenvalue weighted by atomic mass is 16.5. The van der Waals surface area contributed by atoms with Gasteiger partial charge in [0.25, 0.3) is 0 Å². The fourth-order valence-electron chi connectivity index (χ4n) is 6.71. The zero-order chi connectivity index (χ0) is 27.9. The Bertz CT molecular complexity index is 1400. The predicted octanol–water partition coefficient (Wildman–Crippen LogP) is 5.60. The maximum Gasteiger partial charge on any atom is 0.234 e. The average Bonchev–Trinajstić information content (AvgIpc) is 3.54. The lowest BCUT2D eigenvalue weighted by atomic mass is 9.87. The maximum absolute atomic E-state index is 12.5. The maximum atomic E-state index is 12.5. The molecule has 6 rings (SSSR count). The van der Waals surface area contributed by atoms with Gasteiger partial charge in [0.15, 0.2) is 0 Å². The number of aromatic nitrogens is 1. The molecule has 0 saturated carbocycles. The lowest BCUT2D eigenvalue weighted by Crippen LogP contribution is -2.50. The van der Waals surface area contributed by atoms with Crippen molar-refractivity contribution in [1.29, 1.82) is 0 Å². The van der Waals surface area contributed by atoms with Crippen molar-refractivity contribution in [2.24, 2.45) is 15.4 Å². The molecule has 4 aliphatic rings. The number of benzene rings is 1. The van der Waals surface area contributed by atoms with E-state index in [0.717, 1.165) is 57.7 Å². The minimum absolute atomic E-state index is 0.109. The molecular formula is C33H43N5O2. The minimum Gasteiger partial charge on any atom is -0.380 e. The van der Waals surface area contributed by atoms with Crippen molar-refractivity contribution in [1.82, 2.24) is 15.2 Å². The Kier molecular flexibility index (Phi) is 7.53. The number of fused-ring (bicyclic) bond motifs is 2. The molecule has 2 fully saturated rings. The molecular weight excluding hydrogens is 498 g/mol. The Balaban J connectivity index is 1.16. The molecule has 212 valence electrons. The van der Waals surface area contributed by atoms with Crippen LogP contribution in [0.2, 0.25) is 0 Å². The zero-order valence-electron chi connectivity index (χ0n) is 24.4. The zero-order valence-corrected chi connectivity index (χ0v) is 24.4. The molecule has 1 aromatic carbocycles. The fourth-order valence-corrected chi connectivity index (χ4v) is 6.71. The third kappa shape index (κ3) is 5.46. The van der Waals surface area contributed by atoms with Gasteiger partial charge in [-0.1, -0.05) is 32.9 Å². The highest BCUT2D eigenvalue weighted by molar-refractivity contribution is 6.11. The second kappa shape index (κ2) is 11.1. The van der Waals surface area contributed by atoms with Crippen molar-refractivity contribution in [3.8, 4) is 0 Å². The van der Waals surface area contributed by atoms with Crippen LogP contribution in [0.25, 0.3) is 16.5 Å². The molecule has 1 amide bonds. The van der Waals surface area contributed by atoms with Crippen molar-refractivity contribution in [2.75, 3.05) is 39.4 Å². The van der Waals surface area contributed by atoms with Gasteiger partial charge >= 0.3 is 0 Å². The molecule has 2 aromatic rings. The van der Waals surface area contributed by atoms with Crippen LogP contribution in [0.15, 0.2) is 45.9 Å². The standard InChI is InChI=1S/C33H43N5O2/c1-21(2)30-26-15-24(23-10-12-38(13-11-23)16-29(39)34-17-33(4)18-40-19-33)8-9-27(26)37-32(30)25-6-5-7-28-31(22(3)14-25)36-20-35-28/h6,8-9,14-15,20-21,23,28,37H,5,7,10-13,16-19H2,1-4H3,(H,34,39)/b22-14-,25-6+. The summed E-state index contributed by atoms with van der Waals surface area (Å²) in [5.41, 5.74) is 8.94. The average molecular weight is 542 g/mol. The van der Waals surface area contributed by atoms with Crippen LogP contribution < -0.4 is 5.32 Å². The van der Waals surface area contributed by atoms with Crippen molar-refractivity contribution in [2.45, 2.75) is 71.3 Å². The van der Waals surface area contributed by atoms with E-state index in [1.807, 2.05) is 0 Å². The van der Waals surface area contributed by atoms with E-state index in [1.165, 1.54) is 38.9 Å². The predicted molar refractivity (Wildman–Crippen MR) is 163 cm³/mol. The highest BCUT2D eigenvalue weighted by Gasteiger charge is 2.34. The number of piperidine rings is 1. The Morgan fingerprint density at radius 1 is 1.23 bits per heavy atom. The van der Waals surface area contributed by atoms with E-state index >= 15 is 0 Å². The minimum atomic E-state index is 0.109. The number of hydrogen-bond donors (Lipinski definition) is 2. The Morgan fingerprint density at radius 2 is 2.02 bits per heavy atom. The number of rotatable bonds is 7. The number of nitrogens with zero attached hydrogens (tertiary/aromatic N) is 3. The Hall–Kier alpha value is -3.03. The normalized spacial score (nSPS) is 25.8. The summed E-state index contributed by atoms with van der Waals surface area (Å²) in [4.78, 5) is 27.7. The number of carbonyl (C=O) groups excluding carboxylic acids is 1. The summed E-state index contributed by atoms with van der Waals surface area (Å²) in [5, 5.41) is 4.46. The van der Waals surface area contributed by atoms with E-state index in [2.05, 4.69) is 83.2 Å². The first-order valence-corrected chi connectivity index (χ1v) is 15.0. The number of allylic oxidation sites excluding steroid dienone is 3. The van der Waals surface area contributed by atoms with E-state index < -0.39 is 0 Å². The molecule has 40 heavy (non-hydrogen) atoms. The molecule has 0 radical (unpaired) electrons. The van der Waals surface area contributed by atoms with Crippen LogP contribution in [0.1, 0.15) is 82.0 Å². The molecule has 2 saturated heterocycles. The van der Waals surface area contributed by atoms with Crippen molar-refractivity contribution in [3.63, 3.8) is 0 Å². The van der Waals surface area contributed by atoms with Gasteiger partial charge in [-0.25, -0.2) is 4.99 Å². The summed E-state index contributed by atoms with van der Waals surface area (Å²) >= 11 is 0. The molecule has 1 aromatic heterocycles. The lowest BCUT2D eigenvalue weighted by molar-refractivity contribution is -0.128. The number of carbonyl (C=O) groups is 1. The van der Waals surface area contributed by atoms with Crippen LogP contribution in [0.3, 0.4) is 0 Å². The molecule has 7 heteroatoms. The lowest BCUT2D eigenvalue weighted by Gasteiger charge is -2.38. The molecule has 0 bridgehead atoms. The van der Waals surface area contributed by atoms with Gasteiger partial charge in [0.1, 0.15) is 6.34 Å². The number of nitrogens with one attached hydrogen (secondary N) is 2. The fraction of sp³-hybridized carbons (Fsp3) is 0.545. The van der Waals surface area contributed by atoms with E-state index in [4.69, 9.17) is 4.74 Å². The highest BCUT2D eigenvalue weighted by Crippen LogP contribution is 2.38. The van der Waals surface area contributed by atoms with Gasteiger partial charge in [-0.05, 0) is 98.0 Å². The number of likely N-dealkylation sites (tertiary alicyclic amines) is 1. The molecule has 3 aliphatic heterocycles. The summed E-state index contributed by atoms with van der Waals surface area (Å²) in [6, 6.07) is 7.22. The molecule has 4 heterocycles.